The summed E-state index contributed by atoms with van der Waals surface area (Å²) < 4.78 is 7.07. The van der Waals surface area contributed by atoms with Crippen LogP contribution < -0.4 is 10.6 Å². The fourth-order valence-electron chi connectivity index (χ4n) is 3.73. The number of fused-ring (bicyclic) bond motifs is 1. The SMILES string of the molecule is Cn1cc(C2(CNC(=O)OC(C)(C)C)C3CCNCC32)nn1. The summed E-state index contributed by atoms with van der Waals surface area (Å²) in [6.45, 7) is 8.15. The lowest BCUT2D eigenvalue weighted by Crippen LogP contribution is -2.38. The van der Waals surface area contributed by atoms with E-state index in [0.717, 1.165) is 25.2 Å². The average Bonchev–Trinajstić information content (AvgIpc) is 2.88. The smallest absolute Gasteiger partial charge is 0.407 e. The average molecular weight is 307 g/mol. The molecule has 2 aliphatic rings. The summed E-state index contributed by atoms with van der Waals surface area (Å²) in [5.41, 5.74) is 0.390. The molecule has 2 heterocycles. The van der Waals surface area contributed by atoms with Gasteiger partial charge in [-0.25, -0.2) is 4.79 Å². The van der Waals surface area contributed by atoms with E-state index in [2.05, 4.69) is 20.9 Å². The Labute approximate surface area is 130 Å². The maximum absolute atomic E-state index is 12.0. The third kappa shape index (κ3) is 2.69. The van der Waals surface area contributed by atoms with Gasteiger partial charge in [0.15, 0.2) is 0 Å². The molecule has 0 bridgehead atoms. The number of carbonyl (C=O) groups excluding carboxylic acids is 1. The standard InChI is InChI=1S/C15H25N5O2/c1-14(2,3)22-13(21)17-9-15(12-8-20(4)19-18-12)10-5-6-16-7-11(10)15/h8,10-11,16H,5-7,9H2,1-4H3,(H,17,21). The monoisotopic (exact) mass is 307 g/mol. The number of aromatic nitrogens is 3. The Kier molecular flexibility index (Phi) is 3.63. The fraction of sp³-hybridized carbons (Fsp3) is 0.800. The predicted octanol–water partition coefficient (Wildman–Crippen LogP) is 0.817. The third-order valence-corrected chi connectivity index (χ3v) is 4.70. The van der Waals surface area contributed by atoms with Crippen LogP contribution >= 0.6 is 0 Å². The van der Waals surface area contributed by atoms with Gasteiger partial charge in [0.1, 0.15) is 5.60 Å². The highest BCUT2D eigenvalue weighted by Gasteiger charge is 2.66. The third-order valence-electron chi connectivity index (χ3n) is 4.70. The van der Waals surface area contributed by atoms with Gasteiger partial charge in [-0.15, -0.1) is 5.10 Å². The van der Waals surface area contributed by atoms with Gasteiger partial charge in [0.25, 0.3) is 0 Å². The number of hydrogen-bond donors (Lipinski definition) is 2. The maximum Gasteiger partial charge on any atom is 0.407 e. The second-order valence-corrected chi connectivity index (χ2v) is 7.38. The Morgan fingerprint density at radius 3 is 2.86 bits per heavy atom. The number of alkyl carbamates (subject to hydrolysis) is 1. The molecule has 3 rings (SSSR count). The van der Waals surface area contributed by atoms with Gasteiger partial charge in [-0.3, -0.25) is 4.68 Å². The summed E-state index contributed by atoms with van der Waals surface area (Å²) in [5, 5.41) is 14.8. The molecule has 3 unspecified atom stereocenters. The van der Waals surface area contributed by atoms with Gasteiger partial charge < -0.3 is 15.4 Å². The molecule has 7 heteroatoms. The Balaban J connectivity index is 1.73. The number of carbonyl (C=O) groups is 1. The Morgan fingerprint density at radius 2 is 2.32 bits per heavy atom. The zero-order valence-electron chi connectivity index (χ0n) is 13.7. The van der Waals surface area contributed by atoms with E-state index >= 15 is 0 Å². The second-order valence-electron chi connectivity index (χ2n) is 7.38. The highest BCUT2D eigenvalue weighted by atomic mass is 16.6. The Morgan fingerprint density at radius 1 is 1.55 bits per heavy atom. The van der Waals surface area contributed by atoms with Crippen LogP contribution in [0, 0.1) is 11.8 Å². The molecule has 1 saturated carbocycles. The molecule has 1 aliphatic heterocycles. The van der Waals surface area contributed by atoms with Crippen LogP contribution in [0.15, 0.2) is 6.20 Å². The molecule has 2 fully saturated rings. The minimum atomic E-state index is -0.484. The predicted molar refractivity (Wildman–Crippen MR) is 81.4 cm³/mol. The summed E-state index contributed by atoms with van der Waals surface area (Å²) in [5.74, 6) is 1.06. The van der Waals surface area contributed by atoms with E-state index in [1.807, 2.05) is 34.0 Å². The molecule has 1 aromatic rings. The molecular formula is C15H25N5O2. The van der Waals surface area contributed by atoms with E-state index in [-0.39, 0.29) is 11.5 Å². The van der Waals surface area contributed by atoms with Crippen molar-refractivity contribution < 1.29 is 9.53 Å². The Bertz CT molecular complexity index is 551. The van der Waals surface area contributed by atoms with Crippen LogP contribution in [0.4, 0.5) is 4.79 Å². The minimum Gasteiger partial charge on any atom is -0.444 e. The van der Waals surface area contributed by atoms with Crippen LogP contribution in [0.2, 0.25) is 0 Å². The molecule has 2 N–H and O–H groups in total. The lowest BCUT2D eigenvalue weighted by molar-refractivity contribution is 0.0520. The van der Waals surface area contributed by atoms with E-state index in [0.29, 0.717) is 18.4 Å². The minimum absolute atomic E-state index is 0.103. The first kappa shape index (κ1) is 15.3. The van der Waals surface area contributed by atoms with Crippen LogP contribution in [0.3, 0.4) is 0 Å². The van der Waals surface area contributed by atoms with Crippen molar-refractivity contribution in [1.29, 1.82) is 0 Å². The van der Waals surface area contributed by atoms with Gasteiger partial charge >= 0.3 is 6.09 Å². The molecule has 0 aromatic carbocycles. The number of amides is 1. The first-order valence-electron chi connectivity index (χ1n) is 7.87. The van der Waals surface area contributed by atoms with Crippen molar-refractivity contribution in [3.05, 3.63) is 11.9 Å². The van der Waals surface area contributed by atoms with E-state index in [4.69, 9.17) is 4.74 Å². The summed E-state index contributed by atoms with van der Waals surface area (Å²) in [6.07, 6.45) is 2.71. The normalized spacial score (nSPS) is 30.5. The van der Waals surface area contributed by atoms with Gasteiger partial charge in [0.2, 0.25) is 0 Å². The van der Waals surface area contributed by atoms with E-state index < -0.39 is 5.60 Å². The maximum atomic E-state index is 12.0. The van der Waals surface area contributed by atoms with Crippen molar-refractivity contribution in [1.82, 2.24) is 25.6 Å². The number of piperidine rings is 1. The lowest BCUT2D eigenvalue weighted by Gasteiger charge is -2.22. The zero-order valence-corrected chi connectivity index (χ0v) is 13.7. The number of nitrogens with zero attached hydrogens (tertiary/aromatic N) is 3. The van der Waals surface area contributed by atoms with Crippen LogP contribution in [0.25, 0.3) is 0 Å². The first-order valence-corrected chi connectivity index (χ1v) is 7.87. The fourth-order valence-corrected chi connectivity index (χ4v) is 3.73. The zero-order chi connectivity index (χ0) is 16.0. The van der Waals surface area contributed by atoms with Crippen molar-refractivity contribution >= 4 is 6.09 Å². The molecule has 7 nitrogen and oxygen atoms in total. The molecule has 1 amide bonds. The van der Waals surface area contributed by atoms with Gasteiger partial charge in [0.05, 0.1) is 5.69 Å². The molecule has 1 aromatic heterocycles. The number of aryl methyl sites for hydroxylation is 1. The van der Waals surface area contributed by atoms with E-state index in [1.165, 1.54) is 0 Å². The van der Waals surface area contributed by atoms with E-state index in [9.17, 15) is 4.79 Å². The van der Waals surface area contributed by atoms with Crippen LogP contribution in [0.1, 0.15) is 32.9 Å². The summed E-state index contributed by atoms with van der Waals surface area (Å²) in [6, 6.07) is 0. The molecule has 3 atom stereocenters. The molecule has 1 saturated heterocycles. The number of ether oxygens (including phenoxy) is 1. The topological polar surface area (TPSA) is 81.1 Å². The van der Waals surface area contributed by atoms with Crippen LogP contribution in [-0.4, -0.2) is 46.3 Å². The number of rotatable bonds is 3. The number of hydrogen-bond acceptors (Lipinski definition) is 5. The van der Waals surface area contributed by atoms with Gasteiger partial charge in [-0.05, 0) is 52.1 Å². The summed E-state index contributed by atoms with van der Waals surface area (Å²) in [7, 11) is 1.87. The molecule has 22 heavy (non-hydrogen) atoms. The van der Waals surface area contributed by atoms with Crippen LogP contribution in [0.5, 0.6) is 0 Å². The largest absolute Gasteiger partial charge is 0.444 e. The number of nitrogens with one attached hydrogen (secondary N) is 2. The molecule has 122 valence electrons. The molecule has 0 radical (unpaired) electrons. The van der Waals surface area contributed by atoms with Crippen LogP contribution in [-0.2, 0) is 17.2 Å². The Hall–Kier alpha value is -1.63. The molecule has 1 aliphatic carbocycles. The molecule has 0 spiro atoms. The van der Waals surface area contributed by atoms with Crippen molar-refractivity contribution in [2.45, 2.75) is 38.2 Å². The van der Waals surface area contributed by atoms with Gasteiger partial charge in [-0.1, -0.05) is 5.21 Å². The van der Waals surface area contributed by atoms with Crippen molar-refractivity contribution in [3.63, 3.8) is 0 Å². The first-order chi connectivity index (χ1) is 10.3. The summed E-state index contributed by atoms with van der Waals surface area (Å²) >= 11 is 0. The highest BCUT2D eigenvalue weighted by Crippen LogP contribution is 2.61. The van der Waals surface area contributed by atoms with Crippen molar-refractivity contribution in [3.8, 4) is 0 Å². The quantitative estimate of drug-likeness (QED) is 0.864. The van der Waals surface area contributed by atoms with Crippen molar-refractivity contribution in [2.24, 2.45) is 18.9 Å². The van der Waals surface area contributed by atoms with Gasteiger partial charge in [-0.2, -0.15) is 0 Å². The van der Waals surface area contributed by atoms with Gasteiger partial charge in [0, 0.05) is 25.2 Å². The van der Waals surface area contributed by atoms with E-state index in [1.54, 1.807) is 4.68 Å². The second kappa shape index (κ2) is 5.22. The summed E-state index contributed by atoms with van der Waals surface area (Å²) in [4.78, 5) is 12.0. The highest BCUT2D eigenvalue weighted by molar-refractivity contribution is 5.68. The van der Waals surface area contributed by atoms with Crippen molar-refractivity contribution in [2.75, 3.05) is 19.6 Å². The molecular weight excluding hydrogens is 282 g/mol. The lowest BCUT2D eigenvalue weighted by atomic mass is 9.97.